The van der Waals surface area contributed by atoms with Crippen molar-refractivity contribution in [2.75, 3.05) is 24.4 Å². The summed E-state index contributed by atoms with van der Waals surface area (Å²) < 4.78 is 45.8. The van der Waals surface area contributed by atoms with Crippen molar-refractivity contribution < 1.29 is 27.5 Å². The number of aromatic amines is 1. The van der Waals surface area contributed by atoms with Crippen LogP contribution in [0, 0.1) is 17.5 Å². The fourth-order valence-corrected chi connectivity index (χ4v) is 2.99. The first-order chi connectivity index (χ1) is 13.7. The molecule has 1 atom stereocenters. The first-order valence-electron chi connectivity index (χ1n) is 8.34. The Labute approximate surface area is 160 Å². The SMILES string of the molecule is COCCn1c2c(c(=O)[nH]c1=O)C(C(=O)Nc1cc(F)c(F)c(F)c1)CC(=O)N2. The Hall–Kier alpha value is -3.41. The minimum atomic E-state index is -1.70. The zero-order valence-corrected chi connectivity index (χ0v) is 15.0. The molecule has 0 aliphatic carbocycles. The lowest BCUT2D eigenvalue weighted by atomic mass is 9.92. The minimum absolute atomic E-state index is 0.0164. The number of amides is 2. The van der Waals surface area contributed by atoms with Crippen LogP contribution in [0.5, 0.6) is 0 Å². The van der Waals surface area contributed by atoms with Crippen LogP contribution in [0.4, 0.5) is 24.7 Å². The summed E-state index contributed by atoms with van der Waals surface area (Å²) in [5.41, 5.74) is -2.30. The van der Waals surface area contributed by atoms with Crippen LogP contribution in [0.25, 0.3) is 0 Å². The van der Waals surface area contributed by atoms with Crippen molar-refractivity contribution in [1.82, 2.24) is 9.55 Å². The third kappa shape index (κ3) is 3.92. The van der Waals surface area contributed by atoms with Crippen LogP contribution < -0.4 is 21.9 Å². The predicted molar refractivity (Wildman–Crippen MR) is 94.1 cm³/mol. The summed E-state index contributed by atoms with van der Waals surface area (Å²) >= 11 is 0. The number of hydrogen-bond donors (Lipinski definition) is 3. The summed E-state index contributed by atoms with van der Waals surface area (Å²) in [5, 5.41) is 4.55. The summed E-state index contributed by atoms with van der Waals surface area (Å²) in [5.74, 6) is -7.85. The molecule has 3 N–H and O–H groups in total. The van der Waals surface area contributed by atoms with E-state index in [0.717, 1.165) is 4.57 Å². The molecular weight excluding hydrogens is 397 g/mol. The van der Waals surface area contributed by atoms with Crippen molar-refractivity contribution in [3.05, 3.63) is 56.0 Å². The largest absolute Gasteiger partial charge is 0.383 e. The number of methoxy groups -OCH3 is 1. The molecule has 12 heteroatoms. The number of benzene rings is 1. The Morgan fingerprint density at radius 2 is 1.90 bits per heavy atom. The van der Waals surface area contributed by atoms with Gasteiger partial charge in [-0.05, 0) is 0 Å². The molecule has 0 radical (unpaired) electrons. The average Bonchev–Trinajstić information content (AvgIpc) is 2.65. The van der Waals surface area contributed by atoms with Gasteiger partial charge in [0.25, 0.3) is 5.56 Å². The number of halogens is 3. The number of nitrogens with one attached hydrogen (secondary N) is 3. The van der Waals surface area contributed by atoms with Crippen LogP contribution in [-0.2, 0) is 20.9 Å². The molecule has 1 aliphatic heterocycles. The van der Waals surface area contributed by atoms with Gasteiger partial charge in [0.1, 0.15) is 5.82 Å². The Morgan fingerprint density at radius 1 is 1.24 bits per heavy atom. The maximum absolute atomic E-state index is 13.4. The summed E-state index contributed by atoms with van der Waals surface area (Å²) in [6, 6.07) is 1.12. The second-order valence-corrected chi connectivity index (χ2v) is 6.21. The van der Waals surface area contributed by atoms with E-state index in [9.17, 15) is 32.3 Å². The van der Waals surface area contributed by atoms with Gasteiger partial charge in [-0.1, -0.05) is 0 Å². The molecule has 2 amide bonds. The number of carbonyl (C=O) groups excluding carboxylic acids is 2. The molecule has 0 saturated heterocycles. The molecule has 2 heterocycles. The van der Waals surface area contributed by atoms with Crippen molar-refractivity contribution in [3.63, 3.8) is 0 Å². The maximum atomic E-state index is 13.4. The molecule has 0 bridgehead atoms. The lowest BCUT2D eigenvalue weighted by Gasteiger charge is -2.26. The standard InChI is InChI=1S/C17H15F3N4O5/c1-29-3-2-24-14-12(16(27)23-17(24)28)8(6-11(25)22-14)15(26)21-7-4-9(18)13(20)10(19)5-7/h4-5,8H,2-3,6H2,1H3,(H,21,26)(H,22,25)(H,23,27,28). The lowest BCUT2D eigenvalue weighted by molar-refractivity contribution is -0.123. The van der Waals surface area contributed by atoms with Crippen LogP contribution >= 0.6 is 0 Å². The predicted octanol–water partition coefficient (Wildman–Crippen LogP) is 0.665. The van der Waals surface area contributed by atoms with Crippen molar-refractivity contribution in [2.45, 2.75) is 18.9 Å². The Morgan fingerprint density at radius 3 is 2.52 bits per heavy atom. The van der Waals surface area contributed by atoms with Crippen molar-refractivity contribution in [3.8, 4) is 0 Å². The van der Waals surface area contributed by atoms with Crippen molar-refractivity contribution in [2.24, 2.45) is 0 Å². The average molecular weight is 412 g/mol. The van der Waals surface area contributed by atoms with Crippen LogP contribution in [0.15, 0.2) is 21.7 Å². The van der Waals surface area contributed by atoms with E-state index in [4.69, 9.17) is 4.74 Å². The monoisotopic (exact) mass is 412 g/mol. The molecule has 3 rings (SSSR count). The first kappa shape index (κ1) is 20.3. The smallest absolute Gasteiger partial charge is 0.330 e. The minimum Gasteiger partial charge on any atom is -0.383 e. The summed E-state index contributed by atoms with van der Waals surface area (Å²) in [6.07, 6.45) is -0.448. The molecule has 0 spiro atoms. The zero-order chi connectivity index (χ0) is 21.3. The summed E-state index contributed by atoms with van der Waals surface area (Å²) in [4.78, 5) is 51.2. The van der Waals surface area contributed by atoms with Gasteiger partial charge in [0, 0.05) is 31.4 Å². The Bertz CT molecular complexity index is 1090. The van der Waals surface area contributed by atoms with Gasteiger partial charge in [0.2, 0.25) is 11.8 Å². The fourth-order valence-electron chi connectivity index (χ4n) is 2.99. The number of fused-ring (bicyclic) bond motifs is 1. The normalized spacial score (nSPS) is 15.6. The summed E-state index contributed by atoms with van der Waals surface area (Å²) in [7, 11) is 1.39. The van der Waals surface area contributed by atoms with Crippen LogP contribution in [0.1, 0.15) is 17.9 Å². The molecule has 1 unspecified atom stereocenters. The topological polar surface area (TPSA) is 122 Å². The molecule has 1 aromatic carbocycles. The molecule has 9 nitrogen and oxygen atoms in total. The molecule has 154 valence electrons. The highest BCUT2D eigenvalue weighted by atomic mass is 19.2. The number of rotatable bonds is 5. The van der Waals surface area contributed by atoms with E-state index in [1.54, 1.807) is 0 Å². The van der Waals surface area contributed by atoms with Crippen molar-refractivity contribution >= 4 is 23.3 Å². The van der Waals surface area contributed by atoms with Crippen LogP contribution in [0.3, 0.4) is 0 Å². The van der Waals surface area contributed by atoms with E-state index in [1.165, 1.54) is 7.11 Å². The number of ether oxygens (including phenoxy) is 1. The quantitative estimate of drug-likeness (QED) is 0.623. The van der Waals surface area contributed by atoms with Gasteiger partial charge in [-0.15, -0.1) is 0 Å². The fraction of sp³-hybridized carbons (Fsp3) is 0.294. The first-order valence-corrected chi connectivity index (χ1v) is 8.34. The molecule has 1 aromatic heterocycles. The highest BCUT2D eigenvalue weighted by Gasteiger charge is 2.35. The zero-order valence-electron chi connectivity index (χ0n) is 15.0. The second kappa shape index (κ2) is 7.91. The van der Waals surface area contributed by atoms with Gasteiger partial charge < -0.3 is 15.4 Å². The van der Waals surface area contributed by atoms with Gasteiger partial charge in [-0.3, -0.25) is 23.9 Å². The molecule has 0 saturated carbocycles. The van der Waals surface area contributed by atoms with Gasteiger partial charge in [-0.2, -0.15) is 0 Å². The Balaban J connectivity index is 2.02. The van der Waals surface area contributed by atoms with Gasteiger partial charge >= 0.3 is 5.69 Å². The van der Waals surface area contributed by atoms with Crippen LogP contribution in [-0.4, -0.2) is 35.1 Å². The van der Waals surface area contributed by atoms with Gasteiger partial charge in [0.15, 0.2) is 17.5 Å². The van der Waals surface area contributed by atoms with Gasteiger partial charge in [0.05, 0.1) is 24.6 Å². The lowest BCUT2D eigenvalue weighted by Crippen LogP contribution is -2.43. The van der Waals surface area contributed by atoms with Crippen molar-refractivity contribution in [1.29, 1.82) is 0 Å². The van der Waals surface area contributed by atoms with E-state index < -0.39 is 58.5 Å². The number of H-pyrrole nitrogens is 1. The third-order valence-corrected chi connectivity index (χ3v) is 4.32. The number of aromatic nitrogens is 2. The molecular formula is C17H15F3N4O5. The number of anilines is 2. The maximum Gasteiger partial charge on any atom is 0.330 e. The number of hydrogen-bond acceptors (Lipinski definition) is 5. The van der Waals surface area contributed by atoms with E-state index in [0.29, 0.717) is 12.1 Å². The van der Waals surface area contributed by atoms with E-state index in [1.807, 2.05) is 0 Å². The van der Waals surface area contributed by atoms with Crippen LogP contribution in [0.2, 0.25) is 0 Å². The second-order valence-electron chi connectivity index (χ2n) is 6.21. The van der Waals surface area contributed by atoms with Gasteiger partial charge in [-0.25, -0.2) is 18.0 Å². The summed E-state index contributed by atoms with van der Waals surface area (Å²) in [6.45, 7) is 0.0662. The molecule has 29 heavy (non-hydrogen) atoms. The third-order valence-electron chi connectivity index (χ3n) is 4.32. The van der Waals surface area contributed by atoms with E-state index in [2.05, 4.69) is 15.6 Å². The Kier molecular flexibility index (Phi) is 5.55. The van der Waals surface area contributed by atoms with E-state index in [-0.39, 0.29) is 24.5 Å². The molecule has 1 aliphatic rings. The number of nitrogens with zero attached hydrogens (tertiary/aromatic N) is 1. The molecule has 2 aromatic rings. The highest BCUT2D eigenvalue weighted by molar-refractivity contribution is 6.04. The van der Waals surface area contributed by atoms with E-state index >= 15 is 0 Å². The molecule has 0 fully saturated rings. The highest BCUT2D eigenvalue weighted by Crippen LogP contribution is 2.30. The number of carbonyl (C=O) groups is 2.